The topological polar surface area (TPSA) is 51.2 Å². The van der Waals surface area contributed by atoms with E-state index in [2.05, 4.69) is 4.90 Å². The van der Waals surface area contributed by atoms with Crippen molar-refractivity contribution in [2.45, 2.75) is 24.5 Å². The highest BCUT2D eigenvalue weighted by Crippen LogP contribution is 2.37. The van der Waals surface area contributed by atoms with Crippen LogP contribution in [0.3, 0.4) is 0 Å². The highest BCUT2D eigenvalue weighted by Gasteiger charge is 2.52. The molecule has 0 aliphatic carbocycles. The first-order chi connectivity index (χ1) is 12.2. The number of hydrogen-bond acceptors (Lipinski definition) is 5. The highest BCUT2D eigenvalue weighted by molar-refractivity contribution is 5.80. The van der Waals surface area contributed by atoms with E-state index < -0.39 is 0 Å². The van der Waals surface area contributed by atoms with Crippen molar-refractivity contribution in [2.75, 3.05) is 53.1 Å². The summed E-state index contributed by atoms with van der Waals surface area (Å²) < 4.78 is 16.8. The molecule has 1 amide bonds. The summed E-state index contributed by atoms with van der Waals surface area (Å²) >= 11 is 0. The molecule has 136 valence electrons. The maximum absolute atomic E-state index is 12.5. The second-order valence-electron chi connectivity index (χ2n) is 7.28. The molecule has 0 N–H and O–H groups in total. The van der Waals surface area contributed by atoms with E-state index in [1.807, 2.05) is 29.2 Å². The lowest BCUT2D eigenvalue weighted by Gasteiger charge is -2.47. The van der Waals surface area contributed by atoms with Crippen LogP contribution in [0.2, 0.25) is 0 Å². The molecule has 3 saturated heterocycles. The Kier molecular flexibility index (Phi) is 4.67. The number of hydrogen-bond donors (Lipinski definition) is 0. The van der Waals surface area contributed by atoms with Crippen LogP contribution in [0.4, 0.5) is 0 Å². The van der Waals surface area contributed by atoms with Crippen LogP contribution in [0, 0.1) is 0 Å². The van der Waals surface area contributed by atoms with Crippen molar-refractivity contribution in [3.05, 3.63) is 29.8 Å². The molecule has 1 unspecified atom stereocenters. The maximum Gasteiger partial charge on any atom is 0.227 e. The van der Waals surface area contributed by atoms with Gasteiger partial charge in [-0.05, 0) is 24.1 Å². The molecule has 25 heavy (non-hydrogen) atoms. The highest BCUT2D eigenvalue weighted by atomic mass is 16.5. The number of rotatable bonds is 4. The molecule has 1 aromatic carbocycles. The Bertz CT molecular complexity index is 624. The van der Waals surface area contributed by atoms with Gasteiger partial charge in [0.2, 0.25) is 5.91 Å². The number of morpholine rings is 1. The van der Waals surface area contributed by atoms with Gasteiger partial charge in [-0.25, -0.2) is 0 Å². The summed E-state index contributed by atoms with van der Waals surface area (Å²) in [7, 11) is 1.64. The minimum atomic E-state index is -0.118. The predicted octanol–water partition coefficient (Wildman–Crippen LogP) is 0.940. The Morgan fingerprint density at radius 3 is 2.88 bits per heavy atom. The van der Waals surface area contributed by atoms with Crippen LogP contribution in [0.1, 0.15) is 12.0 Å². The molecular formula is C19H26N2O4. The summed E-state index contributed by atoms with van der Waals surface area (Å²) in [6.07, 6.45) is 1.44. The molecule has 3 heterocycles. The zero-order valence-electron chi connectivity index (χ0n) is 14.8. The van der Waals surface area contributed by atoms with Gasteiger partial charge in [-0.2, -0.15) is 0 Å². The van der Waals surface area contributed by atoms with Crippen LogP contribution in [-0.4, -0.2) is 80.5 Å². The lowest BCUT2D eigenvalue weighted by Crippen LogP contribution is -2.63. The Balaban J connectivity index is 1.28. The van der Waals surface area contributed by atoms with Crippen molar-refractivity contribution in [1.29, 1.82) is 0 Å². The Labute approximate surface area is 148 Å². The fourth-order valence-corrected chi connectivity index (χ4v) is 4.11. The second kappa shape index (κ2) is 6.94. The van der Waals surface area contributed by atoms with Crippen LogP contribution in [0.25, 0.3) is 0 Å². The first kappa shape index (κ1) is 16.8. The third kappa shape index (κ3) is 3.52. The number of ether oxygens (including phenoxy) is 3. The number of carbonyl (C=O) groups excluding carboxylic acids is 1. The lowest BCUT2D eigenvalue weighted by molar-refractivity contribution is -0.157. The van der Waals surface area contributed by atoms with E-state index in [9.17, 15) is 4.79 Å². The average molecular weight is 346 g/mol. The number of carbonyl (C=O) groups is 1. The lowest BCUT2D eigenvalue weighted by atomic mass is 9.88. The molecular weight excluding hydrogens is 320 g/mol. The number of amides is 1. The molecule has 6 heteroatoms. The summed E-state index contributed by atoms with van der Waals surface area (Å²) in [5, 5.41) is 0. The molecule has 0 radical (unpaired) electrons. The minimum absolute atomic E-state index is 0.118. The molecule has 1 spiro atoms. The van der Waals surface area contributed by atoms with Crippen molar-refractivity contribution in [2.24, 2.45) is 0 Å². The van der Waals surface area contributed by atoms with Crippen LogP contribution < -0.4 is 4.74 Å². The number of nitrogens with zero attached hydrogens (tertiary/aromatic N) is 2. The van der Waals surface area contributed by atoms with Gasteiger partial charge in [-0.15, -0.1) is 0 Å². The average Bonchev–Trinajstić information content (AvgIpc) is 3.07. The van der Waals surface area contributed by atoms with E-state index >= 15 is 0 Å². The van der Waals surface area contributed by atoms with Gasteiger partial charge in [0.1, 0.15) is 11.4 Å². The summed E-state index contributed by atoms with van der Waals surface area (Å²) in [6.45, 7) is 5.82. The molecule has 3 aliphatic heterocycles. The van der Waals surface area contributed by atoms with Crippen LogP contribution >= 0.6 is 0 Å². The fourth-order valence-electron chi connectivity index (χ4n) is 4.11. The molecule has 1 atom stereocenters. The molecule has 0 bridgehead atoms. The monoisotopic (exact) mass is 346 g/mol. The minimum Gasteiger partial charge on any atom is -0.497 e. The van der Waals surface area contributed by atoms with E-state index in [4.69, 9.17) is 14.2 Å². The third-order valence-electron chi connectivity index (χ3n) is 5.55. The fraction of sp³-hybridized carbons (Fsp3) is 0.632. The van der Waals surface area contributed by atoms with Crippen LogP contribution in [0.5, 0.6) is 5.75 Å². The maximum atomic E-state index is 12.5. The van der Waals surface area contributed by atoms with Gasteiger partial charge in [0, 0.05) is 19.1 Å². The summed E-state index contributed by atoms with van der Waals surface area (Å²) in [4.78, 5) is 16.9. The first-order valence-electron chi connectivity index (χ1n) is 9.04. The molecule has 6 nitrogen and oxygen atoms in total. The van der Waals surface area contributed by atoms with Gasteiger partial charge in [0.05, 0.1) is 46.4 Å². The Morgan fingerprint density at radius 2 is 2.12 bits per heavy atom. The number of methoxy groups -OCH3 is 1. The number of benzene rings is 1. The second-order valence-corrected chi connectivity index (χ2v) is 7.28. The SMILES string of the molecule is COc1cccc(CC(=O)N2CC3(CC(N4CCOCC4)CO3)C2)c1. The van der Waals surface area contributed by atoms with E-state index in [1.54, 1.807) is 7.11 Å². The van der Waals surface area contributed by atoms with Gasteiger partial charge in [-0.1, -0.05) is 12.1 Å². The smallest absolute Gasteiger partial charge is 0.227 e. The third-order valence-corrected chi connectivity index (χ3v) is 5.55. The van der Waals surface area contributed by atoms with E-state index in [-0.39, 0.29) is 11.5 Å². The van der Waals surface area contributed by atoms with Crippen molar-refractivity contribution in [3.63, 3.8) is 0 Å². The van der Waals surface area contributed by atoms with Gasteiger partial charge >= 0.3 is 0 Å². The van der Waals surface area contributed by atoms with Gasteiger partial charge < -0.3 is 19.1 Å². The molecule has 0 aromatic heterocycles. The van der Waals surface area contributed by atoms with Gasteiger partial charge in [0.25, 0.3) is 0 Å². The van der Waals surface area contributed by atoms with Crippen molar-refractivity contribution in [1.82, 2.24) is 9.80 Å². The normalized spacial score (nSPS) is 25.8. The molecule has 4 rings (SSSR count). The number of likely N-dealkylation sites (tertiary alicyclic amines) is 1. The Hall–Kier alpha value is -1.63. The van der Waals surface area contributed by atoms with Gasteiger partial charge in [-0.3, -0.25) is 9.69 Å². The van der Waals surface area contributed by atoms with Crippen LogP contribution in [0.15, 0.2) is 24.3 Å². The van der Waals surface area contributed by atoms with Gasteiger partial charge in [0.15, 0.2) is 0 Å². The van der Waals surface area contributed by atoms with E-state index in [1.165, 1.54) is 0 Å². The molecule has 1 aromatic rings. The van der Waals surface area contributed by atoms with Crippen molar-refractivity contribution < 1.29 is 19.0 Å². The summed E-state index contributed by atoms with van der Waals surface area (Å²) in [5.41, 5.74) is 0.872. The van der Waals surface area contributed by atoms with E-state index in [0.29, 0.717) is 12.5 Å². The zero-order chi connectivity index (χ0) is 17.3. The summed E-state index contributed by atoms with van der Waals surface area (Å²) in [5.74, 6) is 0.954. The Morgan fingerprint density at radius 1 is 1.32 bits per heavy atom. The molecule has 0 saturated carbocycles. The quantitative estimate of drug-likeness (QED) is 0.812. The zero-order valence-corrected chi connectivity index (χ0v) is 14.8. The van der Waals surface area contributed by atoms with Crippen molar-refractivity contribution >= 4 is 5.91 Å². The largest absolute Gasteiger partial charge is 0.497 e. The van der Waals surface area contributed by atoms with Crippen molar-refractivity contribution in [3.8, 4) is 5.75 Å². The standard InChI is InChI=1S/C19H26N2O4/c1-23-17-4-2-3-15(9-17)10-18(22)21-13-19(14-21)11-16(12-25-19)20-5-7-24-8-6-20/h2-4,9,16H,5-8,10-14H2,1H3. The predicted molar refractivity (Wildman–Crippen MR) is 92.8 cm³/mol. The molecule has 3 aliphatic rings. The van der Waals surface area contributed by atoms with Crippen LogP contribution in [-0.2, 0) is 20.7 Å². The summed E-state index contributed by atoms with van der Waals surface area (Å²) in [6, 6.07) is 8.18. The first-order valence-corrected chi connectivity index (χ1v) is 9.04. The van der Waals surface area contributed by atoms with E-state index in [0.717, 1.165) is 63.7 Å². The molecule has 3 fully saturated rings.